The Kier molecular flexibility index (Phi) is 5.40. The highest BCUT2D eigenvalue weighted by atomic mass is 16.5. The first-order chi connectivity index (χ1) is 8.43. The van der Waals surface area contributed by atoms with Crippen molar-refractivity contribution >= 4 is 12.0 Å². The van der Waals surface area contributed by atoms with Crippen LogP contribution in [-0.2, 0) is 9.53 Å². The number of nitrogens with zero attached hydrogens (tertiary/aromatic N) is 1. The largest absolute Gasteiger partial charge is 0.481 e. The van der Waals surface area contributed by atoms with Gasteiger partial charge in [-0.2, -0.15) is 0 Å². The van der Waals surface area contributed by atoms with E-state index in [2.05, 4.69) is 5.32 Å². The lowest BCUT2D eigenvalue weighted by Gasteiger charge is -2.35. The van der Waals surface area contributed by atoms with Crippen LogP contribution in [0.2, 0.25) is 0 Å². The lowest BCUT2D eigenvalue weighted by molar-refractivity contribution is -0.141. The Morgan fingerprint density at radius 2 is 1.94 bits per heavy atom. The van der Waals surface area contributed by atoms with Crippen molar-refractivity contribution in [1.82, 2.24) is 10.2 Å². The molecular weight excluding hydrogens is 236 g/mol. The standard InChI is InChI=1S/C12H22N2O4/c1-4-10(11(15)16)5-13-12(17)14-6-8(2)18-9(3)7-14/h8-10H,4-7H2,1-3H3,(H,13,17)(H,15,16)/t8-,9+,10?. The van der Waals surface area contributed by atoms with Crippen molar-refractivity contribution in [2.75, 3.05) is 19.6 Å². The minimum Gasteiger partial charge on any atom is -0.481 e. The second-order valence-corrected chi connectivity index (χ2v) is 4.79. The molecule has 0 spiro atoms. The molecule has 1 rings (SSSR count). The number of carboxylic acids is 1. The number of ether oxygens (including phenoxy) is 1. The molecule has 1 heterocycles. The molecule has 1 aliphatic rings. The summed E-state index contributed by atoms with van der Waals surface area (Å²) < 4.78 is 5.54. The van der Waals surface area contributed by atoms with Gasteiger partial charge in [0.1, 0.15) is 0 Å². The average molecular weight is 258 g/mol. The summed E-state index contributed by atoms with van der Waals surface area (Å²) in [6.45, 7) is 6.89. The predicted octanol–water partition coefficient (Wildman–Crippen LogP) is 0.916. The molecule has 104 valence electrons. The van der Waals surface area contributed by atoms with Crippen molar-refractivity contribution in [3.05, 3.63) is 0 Å². The SMILES string of the molecule is CCC(CNC(=O)N1C[C@@H](C)O[C@@H](C)C1)C(=O)O. The van der Waals surface area contributed by atoms with E-state index in [1.54, 1.807) is 11.8 Å². The van der Waals surface area contributed by atoms with Gasteiger partial charge in [-0.3, -0.25) is 4.79 Å². The normalized spacial score (nSPS) is 25.6. The van der Waals surface area contributed by atoms with Crippen molar-refractivity contribution in [1.29, 1.82) is 0 Å². The van der Waals surface area contributed by atoms with E-state index in [4.69, 9.17) is 9.84 Å². The van der Waals surface area contributed by atoms with Crippen LogP contribution in [-0.4, -0.2) is 53.8 Å². The van der Waals surface area contributed by atoms with E-state index in [-0.39, 0.29) is 24.8 Å². The number of amides is 2. The molecule has 1 saturated heterocycles. The molecule has 0 aromatic rings. The maximum Gasteiger partial charge on any atom is 0.317 e. The molecule has 2 amide bonds. The van der Waals surface area contributed by atoms with Crippen molar-refractivity contribution in [2.45, 2.75) is 39.4 Å². The molecular formula is C12H22N2O4. The van der Waals surface area contributed by atoms with Gasteiger partial charge in [-0.15, -0.1) is 0 Å². The number of carbonyl (C=O) groups is 2. The van der Waals surface area contributed by atoms with Crippen LogP contribution in [0.3, 0.4) is 0 Å². The Balaban J connectivity index is 2.42. The van der Waals surface area contributed by atoms with Crippen molar-refractivity contribution in [2.24, 2.45) is 5.92 Å². The minimum atomic E-state index is -0.874. The monoisotopic (exact) mass is 258 g/mol. The molecule has 0 bridgehead atoms. The molecule has 1 fully saturated rings. The van der Waals surface area contributed by atoms with Crippen LogP contribution in [0.25, 0.3) is 0 Å². The zero-order valence-electron chi connectivity index (χ0n) is 11.2. The molecule has 6 heteroatoms. The fourth-order valence-corrected chi connectivity index (χ4v) is 2.07. The average Bonchev–Trinajstić information content (AvgIpc) is 2.27. The van der Waals surface area contributed by atoms with E-state index < -0.39 is 11.9 Å². The van der Waals surface area contributed by atoms with Crippen molar-refractivity contribution in [3.8, 4) is 0 Å². The van der Waals surface area contributed by atoms with Crippen LogP contribution in [0.1, 0.15) is 27.2 Å². The molecule has 1 aliphatic heterocycles. The summed E-state index contributed by atoms with van der Waals surface area (Å²) in [7, 11) is 0. The number of hydrogen-bond acceptors (Lipinski definition) is 3. The van der Waals surface area contributed by atoms with Crippen molar-refractivity contribution < 1.29 is 19.4 Å². The van der Waals surface area contributed by atoms with Crippen LogP contribution in [0, 0.1) is 5.92 Å². The quantitative estimate of drug-likeness (QED) is 0.785. The van der Waals surface area contributed by atoms with Crippen LogP contribution in [0.4, 0.5) is 4.79 Å². The summed E-state index contributed by atoms with van der Waals surface area (Å²) in [5.41, 5.74) is 0. The van der Waals surface area contributed by atoms with Gasteiger partial charge >= 0.3 is 12.0 Å². The molecule has 0 aromatic carbocycles. The van der Waals surface area contributed by atoms with E-state index in [1.165, 1.54) is 0 Å². The molecule has 2 N–H and O–H groups in total. The van der Waals surface area contributed by atoms with Crippen LogP contribution in [0.15, 0.2) is 0 Å². The third-order valence-electron chi connectivity index (χ3n) is 3.05. The zero-order valence-corrected chi connectivity index (χ0v) is 11.2. The number of rotatable bonds is 4. The highest BCUT2D eigenvalue weighted by molar-refractivity contribution is 5.76. The first kappa shape index (κ1) is 14.8. The summed E-state index contributed by atoms with van der Waals surface area (Å²) in [6.07, 6.45) is 0.535. The van der Waals surface area contributed by atoms with Gasteiger partial charge < -0.3 is 20.1 Å². The maximum atomic E-state index is 11.9. The number of nitrogens with one attached hydrogen (secondary N) is 1. The Labute approximate surface area is 107 Å². The maximum absolute atomic E-state index is 11.9. The molecule has 3 atom stereocenters. The molecule has 18 heavy (non-hydrogen) atoms. The molecule has 0 aromatic heterocycles. The van der Waals surface area contributed by atoms with Gasteiger partial charge in [0, 0.05) is 19.6 Å². The van der Waals surface area contributed by atoms with E-state index >= 15 is 0 Å². The number of urea groups is 1. The molecule has 0 radical (unpaired) electrons. The van der Waals surface area contributed by atoms with E-state index in [9.17, 15) is 9.59 Å². The topological polar surface area (TPSA) is 78.9 Å². The number of carbonyl (C=O) groups excluding carboxylic acids is 1. The summed E-state index contributed by atoms with van der Waals surface area (Å²) in [6, 6.07) is -0.211. The van der Waals surface area contributed by atoms with Crippen LogP contribution >= 0.6 is 0 Å². The molecule has 0 saturated carbocycles. The van der Waals surface area contributed by atoms with Gasteiger partial charge in [-0.1, -0.05) is 6.92 Å². The van der Waals surface area contributed by atoms with E-state index in [1.807, 2.05) is 13.8 Å². The summed E-state index contributed by atoms with van der Waals surface area (Å²) in [5, 5.41) is 11.6. The second kappa shape index (κ2) is 6.58. The highest BCUT2D eigenvalue weighted by Gasteiger charge is 2.26. The smallest absolute Gasteiger partial charge is 0.317 e. The summed E-state index contributed by atoms with van der Waals surface area (Å²) in [4.78, 5) is 24.4. The number of aliphatic carboxylic acids is 1. The van der Waals surface area contributed by atoms with Gasteiger partial charge in [0.2, 0.25) is 0 Å². The first-order valence-corrected chi connectivity index (χ1v) is 6.35. The third-order valence-corrected chi connectivity index (χ3v) is 3.05. The lowest BCUT2D eigenvalue weighted by Crippen LogP contribution is -2.52. The summed E-state index contributed by atoms with van der Waals surface area (Å²) in [5.74, 6) is -1.40. The highest BCUT2D eigenvalue weighted by Crippen LogP contribution is 2.10. The van der Waals surface area contributed by atoms with E-state index in [0.717, 1.165) is 0 Å². The molecule has 1 unspecified atom stereocenters. The minimum absolute atomic E-state index is 0.0148. The fraction of sp³-hybridized carbons (Fsp3) is 0.833. The number of morpholine rings is 1. The van der Waals surface area contributed by atoms with Gasteiger partial charge in [-0.25, -0.2) is 4.79 Å². The van der Waals surface area contributed by atoms with Gasteiger partial charge in [0.05, 0.1) is 18.1 Å². The fourth-order valence-electron chi connectivity index (χ4n) is 2.07. The summed E-state index contributed by atoms with van der Waals surface area (Å²) >= 11 is 0. The first-order valence-electron chi connectivity index (χ1n) is 6.35. The van der Waals surface area contributed by atoms with Gasteiger partial charge in [-0.05, 0) is 20.3 Å². The number of carboxylic acid groups (broad SMARTS) is 1. The lowest BCUT2D eigenvalue weighted by atomic mass is 10.1. The van der Waals surface area contributed by atoms with Gasteiger partial charge in [0.15, 0.2) is 0 Å². The number of hydrogen-bond donors (Lipinski definition) is 2. The predicted molar refractivity (Wildman–Crippen MR) is 66.4 cm³/mol. The second-order valence-electron chi connectivity index (χ2n) is 4.79. The van der Waals surface area contributed by atoms with Gasteiger partial charge in [0.25, 0.3) is 0 Å². The zero-order chi connectivity index (χ0) is 13.7. The molecule has 0 aliphatic carbocycles. The Morgan fingerprint density at radius 3 is 2.39 bits per heavy atom. The third kappa shape index (κ3) is 4.18. The Bertz CT molecular complexity index is 298. The van der Waals surface area contributed by atoms with Crippen LogP contribution in [0.5, 0.6) is 0 Å². The Morgan fingerprint density at radius 1 is 1.39 bits per heavy atom. The molecule has 6 nitrogen and oxygen atoms in total. The van der Waals surface area contributed by atoms with E-state index in [0.29, 0.717) is 19.5 Å². The van der Waals surface area contributed by atoms with Crippen LogP contribution < -0.4 is 5.32 Å². The Hall–Kier alpha value is -1.30. The van der Waals surface area contributed by atoms with Crippen molar-refractivity contribution in [3.63, 3.8) is 0 Å².